The number of nitrogens with zero attached hydrogens (tertiary/aromatic N) is 2. The van der Waals surface area contributed by atoms with Gasteiger partial charge in [-0.25, -0.2) is 0 Å². The first-order chi connectivity index (χ1) is 12.2. The van der Waals surface area contributed by atoms with Crippen molar-refractivity contribution in [3.05, 3.63) is 30.1 Å². The third kappa shape index (κ3) is 2.97. The molecule has 4 rings (SSSR count). The largest absolute Gasteiger partial charge is 0.381 e. The van der Waals surface area contributed by atoms with Gasteiger partial charge in [0.25, 0.3) is 0 Å². The average molecular weight is 343 g/mol. The Labute approximate surface area is 150 Å². The number of rotatable bonds is 5. The first-order valence-corrected chi connectivity index (χ1v) is 9.78. The predicted molar refractivity (Wildman–Crippen MR) is 95.9 cm³/mol. The van der Waals surface area contributed by atoms with Crippen molar-refractivity contribution in [2.24, 2.45) is 5.41 Å². The molecule has 0 saturated carbocycles. The Hall–Kier alpha value is -1.46. The van der Waals surface area contributed by atoms with Crippen molar-refractivity contribution < 1.29 is 9.53 Å². The number of fused-ring (bicyclic) bond motifs is 2. The van der Waals surface area contributed by atoms with E-state index in [4.69, 9.17) is 4.74 Å². The van der Waals surface area contributed by atoms with Crippen molar-refractivity contribution in [1.29, 1.82) is 0 Å². The molecule has 1 aromatic rings. The van der Waals surface area contributed by atoms with Gasteiger partial charge in [-0.05, 0) is 50.7 Å². The summed E-state index contributed by atoms with van der Waals surface area (Å²) in [6.07, 6.45) is 8.35. The maximum Gasteiger partial charge on any atom is 0.228 e. The smallest absolute Gasteiger partial charge is 0.228 e. The van der Waals surface area contributed by atoms with Crippen LogP contribution in [-0.4, -0.2) is 47.1 Å². The van der Waals surface area contributed by atoms with Crippen LogP contribution in [0.4, 0.5) is 0 Å². The molecule has 3 aliphatic rings. The molecule has 3 fully saturated rings. The van der Waals surface area contributed by atoms with Crippen LogP contribution in [0.15, 0.2) is 24.4 Å². The fourth-order valence-corrected chi connectivity index (χ4v) is 5.40. The zero-order valence-corrected chi connectivity index (χ0v) is 15.1. The van der Waals surface area contributed by atoms with E-state index in [1.807, 2.05) is 18.2 Å². The predicted octanol–water partition coefficient (Wildman–Crippen LogP) is 2.51. The number of pyridine rings is 1. The Kier molecular flexibility index (Phi) is 4.78. The lowest BCUT2D eigenvalue weighted by Crippen LogP contribution is -2.51. The lowest BCUT2D eigenvalue weighted by atomic mass is 9.71. The van der Waals surface area contributed by atoms with Gasteiger partial charge in [-0.1, -0.05) is 13.0 Å². The fourth-order valence-electron chi connectivity index (χ4n) is 5.40. The minimum absolute atomic E-state index is 0.226. The normalized spacial score (nSPS) is 32.8. The van der Waals surface area contributed by atoms with Crippen molar-refractivity contribution in [1.82, 2.24) is 15.2 Å². The van der Waals surface area contributed by atoms with Gasteiger partial charge in [-0.15, -0.1) is 0 Å². The first kappa shape index (κ1) is 17.0. The van der Waals surface area contributed by atoms with Crippen LogP contribution in [0.25, 0.3) is 0 Å². The number of amides is 1. The van der Waals surface area contributed by atoms with Crippen molar-refractivity contribution in [3.63, 3.8) is 0 Å². The molecule has 5 nitrogen and oxygen atoms in total. The van der Waals surface area contributed by atoms with Crippen LogP contribution < -0.4 is 5.32 Å². The van der Waals surface area contributed by atoms with E-state index in [-0.39, 0.29) is 11.3 Å². The molecule has 5 heteroatoms. The van der Waals surface area contributed by atoms with Gasteiger partial charge < -0.3 is 10.1 Å². The van der Waals surface area contributed by atoms with Crippen LogP contribution in [0, 0.1) is 5.41 Å². The second-order valence-electron chi connectivity index (χ2n) is 7.76. The molecule has 0 spiro atoms. The van der Waals surface area contributed by atoms with E-state index in [1.54, 1.807) is 6.20 Å². The Bertz CT molecular complexity index is 602. The molecular formula is C20H29N3O2. The van der Waals surface area contributed by atoms with Gasteiger partial charge in [0.2, 0.25) is 5.91 Å². The number of nitrogens with one attached hydrogen (secondary N) is 1. The van der Waals surface area contributed by atoms with Gasteiger partial charge >= 0.3 is 0 Å². The average Bonchev–Trinajstić information content (AvgIpc) is 3.24. The third-order valence-electron chi connectivity index (χ3n) is 6.64. The van der Waals surface area contributed by atoms with E-state index < -0.39 is 0 Å². The van der Waals surface area contributed by atoms with E-state index in [9.17, 15) is 4.79 Å². The molecule has 3 atom stereocenters. The highest BCUT2D eigenvalue weighted by atomic mass is 16.5. The van der Waals surface area contributed by atoms with E-state index >= 15 is 0 Å². The quantitative estimate of drug-likeness (QED) is 0.892. The lowest BCUT2D eigenvalue weighted by Gasteiger charge is -2.39. The summed E-state index contributed by atoms with van der Waals surface area (Å²) in [5.41, 5.74) is 0.697. The summed E-state index contributed by atoms with van der Waals surface area (Å²) in [4.78, 5) is 20.2. The highest BCUT2D eigenvalue weighted by molar-refractivity contribution is 5.84. The molecule has 3 aliphatic heterocycles. The van der Waals surface area contributed by atoms with Crippen molar-refractivity contribution >= 4 is 5.91 Å². The Morgan fingerprint density at radius 2 is 2.12 bits per heavy atom. The van der Waals surface area contributed by atoms with Gasteiger partial charge in [0, 0.05) is 37.5 Å². The zero-order valence-electron chi connectivity index (χ0n) is 15.1. The monoisotopic (exact) mass is 343 g/mol. The SMILES string of the molecule is CC[C@]1(C(=O)NCc2ccccn2)C[C@H]2CC[C@@H]1N2C1CCOCC1. The molecular weight excluding hydrogens is 314 g/mol. The maximum absolute atomic E-state index is 13.2. The van der Waals surface area contributed by atoms with Crippen LogP contribution in [0.5, 0.6) is 0 Å². The van der Waals surface area contributed by atoms with Crippen molar-refractivity contribution in [2.45, 2.75) is 70.1 Å². The fraction of sp³-hybridized carbons (Fsp3) is 0.700. The van der Waals surface area contributed by atoms with E-state index in [0.717, 1.165) is 51.0 Å². The summed E-state index contributed by atoms with van der Waals surface area (Å²) < 4.78 is 5.55. The minimum atomic E-state index is -0.226. The van der Waals surface area contributed by atoms with Crippen LogP contribution in [-0.2, 0) is 16.1 Å². The number of aromatic nitrogens is 1. The van der Waals surface area contributed by atoms with E-state index in [2.05, 4.69) is 22.1 Å². The number of carbonyl (C=O) groups is 1. The molecule has 2 bridgehead atoms. The number of carbonyl (C=O) groups excluding carboxylic acids is 1. The Balaban J connectivity index is 1.48. The van der Waals surface area contributed by atoms with Crippen molar-refractivity contribution in [3.8, 4) is 0 Å². The van der Waals surface area contributed by atoms with Gasteiger partial charge in [-0.3, -0.25) is 14.7 Å². The van der Waals surface area contributed by atoms with Gasteiger partial charge in [0.05, 0.1) is 17.7 Å². The molecule has 0 aromatic carbocycles. The zero-order chi connectivity index (χ0) is 17.3. The summed E-state index contributed by atoms with van der Waals surface area (Å²) in [5, 5.41) is 3.19. The van der Waals surface area contributed by atoms with Crippen LogP contribution >= 0.6 is 0 Å². The molecule has 0 aliphatic carbocycles. The molecule has 3 saturated heterocycles. The van der Waals surface area contributed by atoms with Crippen LogP contribution in [0.3, 0.4) is 0 Å². The Morgan fingerprint density at radius 3 is 2.84 bits per heavy atom. The summed E-state index contributed by atoms with van der Waals surface area (Å²) in [5.74, 6) is 0.227. The molecule has 1 N–H and O–H groups in total. The van der Waals surface area contributed by atoms with Gasteiger partial charge in [0.15, 0.2) is 0 Å². The molecule has 4 heterocycles. The standard InChI is InChI=1S/C20H29N3O2/c1-2-20(19(24)22-14-15-5-3-4-10-21-15)13-17-6-7-18(20)23(17)16-8-11-25-12-9-16/h3-5,10,16-18H,2,6-9,11-14H2,1H3,(H,22,24)/t17-,18+,20+/m1/s1. The number of ether oxygens (including phenoxy) is 1. The van der Waals surface area contributed by atoms with Crippen LogP contribution in [0.2, 0.25) is 0 Å². The lowest BCUT2D eigenvalue weighted by molar-refractivity contribution is -0.133. The molecule has 1 amide bonds. The molecule has 0 radical (unpaired) electrons. The molecule has 1 aromatic heterocycles. The summed E-state index contributed by atoms with van der Waals surface area (Å²) in [6.45, 7) is 4.44. The number of hydrogen-bond acceptors (Lipinski definition) is 4. The molecule has 25 heavy (non-hydrogen) atoms. The summed E-state index contributed by atoms with van der Waals surface area (Å²) >= 11 is 0. The third-order valence-corrected chi connectivity index (χ3v) is 6.64. The number of hydrogen-bond donors (Lipinski definition) is 1. The van der Waals surface area contributed by atoms with Crippen molar-refractivity contribution in [2.75, 3.05) is 13.2 Å². The van der Waals surface area contributed by atoms with E-state index in [0.29, 0.717) is 24.7 Å². The summed E-state index contributed by atoms with van der Waals surface area (Å²) in [6, 6.07) is 7.41. The first-order valence-electron chi connectivity index (χ1n) is 9.78. The van der Waals surface area contributed by atoms with Gasteiger partial charge in [-0.2, -0.15) is 0 Å². The highest BCUT2D eigenvalue weighted by Gasteiger charge is 2.59. The topological polar surface area (TPSA) is 54.5 Å². The molecule has 0 unspecified atom stereocenters. The van der Waals surface area contributed by atoms with Gasteiger partial charge in [0.1, 0.15) is 0 Å². The Morgan fingerprint density at radius 1 is 1.28 bits per heavy atom. The maximum atomic E-state index is 13.2. The second-order valence-corrected chi connectivity index (χ2v) is 7.76. The van der Waals surface area contributed by atoms with E-state index in [1.165, 1.54) is 6.42 Å². The molecule has 136 valence electrons. The summed E-state index contributed by atoms with van der Waals surface area (Å²) in [7, 11) is 0. The minimum Gasteiger partial charge on any atom is -0.381 e. The van der Waals surface area contributed by atoms with Crippen LogP contribution in [0.1, 0.15) is 51.1 Å². The highest BCUT2D eigenvalue weighted by Crippen LogP contribution is 2.53. The second kappa shape index (κ2) is 7.04.